The van der Waals surface area contributed by atoms with Gasteiger partial charge in [0.25, 0.3) is 5.91 Å². The van der Waals surface area contributed by atoms with Gasteiger partial charge in [0, 0.05) is 19.0 Å². The number of amides is 2. The first-order valence-corrected chi connectivity index (χ1v) is 12.0. The van der Waals surface area contributed by atoms with Gasteiger partial charge in [-0.05, 0) is 38.1 Å². The number of ether oxygens (including phenoxy) is 1. The molecule has 0 radical (unpaired) electrons. The highest BCUT2D eigenvalue weighted by Crippen LogP contribution is 2.44. The molecule has 192 valence electrons. The maximum absolute atomic E-state index is 13.2. The highest BCUT2D eigenvalue weighted by Gasteiger charge is 2.30. The first kappa shape index (κ1) is 24.7. The van der Waals surface area contributed by atoms with Crippen LogP contribution in [-0.2, 0) is 16.1 Å². The van der Waals surface area contributed by atoms with Crippen molar-refractivity contribution in [1.82, 2.24) is 15.2 Å². The monoisotopic (exact) mass is 512 g/mol. The minimum absolute atomic E-state index is 0.0691. The molecule has 10 heteroatoms. The van der Waals surface area contributed by atoms with Crippen LogP contribution in [0.2, 0.25) is 0 Å². The normalized spacial score (nSPS) is 11.9. The summed E-state index contributed by atoms with van der Waals surface area (Å²) < 4.78 is 10.3. The van der Waals surface area contributed by atoms with Gasteiger partial charge in [-0.1, -0.05) is 78.9 Å². The fourth-order valence-corrected chi connectivity index (χ4v) is 4.58. The number of rotatable bonds is 9. The number of carboxylic acid groups (broad SMARTS) is 1. The zero-order chi connectivity index (χ0) is 26.5. The van der Waals surface area contributed by atoms with Gasteiger partial charge in [-0.2, -0.15) is 0 Å². The summed E-state index contributed by atoms with van der Waals surface area (Å²) in [6.07, 6.45) is -1.09. The van der Waals surface area contributed by atoms with E-state index in [1.807, 2.05) is 78.9 Å². The first-order chi connectivity index (χ1) is 18.5. The third kappa shape index (κ3) is 5.24. The molecule has 0 saturated carbocycles. The molecule has 38 heavy (non-hydrogen) atoms. The summed E-state index contributed by atoms with van der Waals surface area (Å²) in [7, 11) is 0. The first-order valence-electron chi connectivity index (χ1n) is 12.0. The Morgan fingerprint density at radius 2 is 1.53 bits per heavy atom. The van der Waals surface area contributed by atoms with Gasteiger partial charge in [-0.15, -0.1) is 0 Å². The molecule has 1 heterocycles. The lowest BCUT2D eigenvalue weighted by Gasteiger charge is -2.21. The number of hydrogen-bond donors (Lipinski definition) is 2. The highest BCUT2D eigenvalue weighted by atomic mass is 16.6. The number of hydrogen-bond acceptors (Lipinski definition) is 7. The molecule has 0 bridgehead atoms. The largest absolute Gasteiger partial charge is 0.481 e. The molecule has 2 N–H and O–H groups in total. The van der Waals surface area contributed by atoms with Gasteiger partial charge in [-0.25, -0.2) is 9.42 Å². The van der Waals surface area contributed by atoms with Gasteiger partial charge in [0.1, 0.15) is 6.61 Å². The minimum atomic E-state index is -1.05. The number of fused-ring (bicyclic) bond motifs is 3. The molecular formula is C28H24N4O6. The smallest absolute Gasteiger partial charge is 0.412 e. The lowest BCUT2D eigenvalue weighted by molar-refractivity contribution is -0.137. The molecular weight excluding hydrogens is 488 g/mol. The van der Waals surface area contributed by atoms with Crippen molar-refractivity contribution in [1.29, 1.82) is 0 Å². The fraction of sp³-hybridized carbons (Fsp3) is 0.179. The number of aromatic nitrogens is 2. The number of carbonyl (C=O) groups is 3. The molecule has 0 unspecified atom stereocenters. The van der Waals surface area contributed by atoms with Crippen LogP contribution in [0, 0.1) is 0 Å². The minimum Gasteiger partial charge on any atom is -0.481 e. The summed E-state index contributed by atoms with van der Waals surface area (Å²) in [5, 5.41) is 18.9. The molecule has 10 nitrogen and oxygen atoms in total. The van der Waals surface area contributed by atoms with E-state index in [0.29, 0.717) is 0 Å². The zero-order valence-corrected chi connectivity index (χ0v) is 20.2. The van der Waals surface area contributed by atoms with Crippen LogP contribution < -0.4 is 5.32 Å². The second kappa shape index (κ2) is 11.0. The molecule has 0 atom stereocenters. The quantitative estimate of drug-likeness (QED) is 0.334. The third-order valence-corrected chi connectivity index (χ3v) is 6.35. The standard InChI is InChI=1S/C28H24N4O6/c33-24(34)14-15-32(16-18-8-2-1-3-9-18)27(35)25-26(31-38-30-25)29-28(36)37-17-23-21-12-6-4-10-19(21)20-11-5-7-13-22(20)23/h1-13,23H,14-17H2,(H,33,34)(H,29,31,36). The van der Waals surface area contributed by atoms with Gasteiger partial charge in [0.2, 0.25) is 11.5 Å². The van der Waals surface area contributed by atoms with Crippen molar-refractivity contribution in [2.75, 3.05) is 18.5 Å². The number of aliphatic carboxylic acids is 1. The van der Waals surface area contributed by atoms with Crippen molar-refractivity contribution in [3.8, 4) is 11.1 Å². The van der Waals surface area contributed by atoms with E-state index < -0.39 is 18.0 Å². The van der Waals surface area contributed by atoms with E-state index >= 15 is 0 Å². The number of carboxylic acids is 1. The predicted octanol–water partition coefficient (Wildman–Crippen LogP) is 4.55. The van der Waals surface area contributed by atoms with Crippen molar-refractivity contribution in [3.63, 3.8) is 0 Å². The molecule has 1 aromatic heterocycles. The summed E-state index contributed by atoms with van der Waals surface area (Å²) in [6.45, 7) is 0.150. The Morgan fingerprint density at radius 3 is 2.18 bits per heavy atom. The molecule has 1 aliphatic carbocycles. The second-order valence-electron chi connectivity index (χ2n) is 8.77. The Kier molecular flexibility index (Phi) is 7.12. The summed E-state index contributed by atoms with van der Waals surface area (Å²) in [5.74, 6) is -2.03. The van der Waals surface area contributed by atoms with E-state index in [9.17, 15) is 14.4 Å². The fourth-order valence-electron chi connectivity index (χ4n) is 4.58. The number of anilines is 1. The van der Waals surface area contributed by atoms with E-state index in [2.05, 4.69) is 15.6 Å². The van der Waals surface area contributed by atoms with Crippen molar-refractivity contribution in [3.05, 3.63) is 101 Å². The molecule has 1 aliphatic rings. The molecule has 3 aromatic carbocycles. The maximum Gasteiger partial charge on any atom is 0.412 e. The summed E-state index contributed by atoms with van der Waals surface area (Å²) >= 11 is 0. The van der Waals surface area contributed by atoms with Gasteiger partial charge in [-0.3, -0.25) is 14.9 Å². The molecule has 2 amide bonds. The lowest BCUT2D eigenvalue weighted by Crippen LogP contribution is -2.33. The van der Waals surface area contributed by atoms with Crippen molar-refractivity contribution < 1.29 is 28.9 Å². The lowest BCUT2D eigenvalue weighted by atomic mass is 9.98. The second-order valence-corrected chi connectivity index (χ2v) is 8.77. The SMILES string of the molecule is O=C(O)CCN(Cc1ccccc1)C(=O)c1nonc1NC(=O)OCC1c2ccccc2-c2ccccc21. The zero-order valence-electron chi connectivity index (χ0n) is 20.2. The maximum atomic E-state index is 13.2. The van der Waals surface area contributed by atoms with E-state index in [1.54, 1.807) is 0 Å². The van der Waals surface area contributed by atoms with Crippen LogP contribution in [0.5, 0.6) is 0 Å². The van der Waals surface area contributed by atoms with Crippen LogP contribution in [0.1, 0.15) is 39.5 Å². The van der Waals surface area contributed by atoms with E-state index in [1.165, 1.54) is 4.90 Å². The van der Waals surface area contributed by atoms with Crippen LogP contribution in [0.3, 0.4) is 0 Å². The van der Waals surface area contributed by atoms with Crippen LogP contribution in [0.15, 0.2) is 83.5 Å². The molecule has 5 rings (SSSR count). The van der Waals surface area contributed by atoms with Crippen LogP contribution in [-0.4, -0.2) is 51.4 Å². The van der Waals surface area contributed by atoms with Gasteiger partial charge < -0.3 is 14.7 Å². The van der Waals surface area contributed by atoms with Crippen LogP contribution >= 0.6 is 0 Å². The molecule has 4 aromatic rings. The number of benzene rings is 3. The average molecular weight is 513 g/mol. The van der Waals surface area contributed by atoms with Crippen molar-refractivity contribution >= 4 is 23.8 Å². The summed E-state index contributed by atoms with van der Waals surface area (Å²) in [4.78, 5) is 38.4. The van der Waals surface area contributed by atoms with Crippen molar-refractivity contribution in [2.24, 2.45) is 0 Å². The van der Waals surface area contributed by atoms with Crippen LogP contribution in [0.4, 0.5) is 10.6 Å². The van der Waals surface area contributed by atoms with Gasteiger partial charge in [0.05, 0.1) is 6.42 Å². The summed E-state index contributed by atoms with van der Waals surface area (Å²) in [6, 6.07) is 25.0. The predicted molar refractivity (Wildman–Crippen MR) is 136 cm³/mol. The Hall–Kier alpha value is -4.99. The Labute approximate surface area is 217 Å². The Morgan fingerprint density at radius 1 is 0.895 bits per heavy atom. The van der Waals surface area contributed by atoms with Gasteiger partial charge in [0.15, 0.2) is 0 Å². The van der Waals surface area contributed by atoms with E-state index in [4.69, 9.17) is 14.5 Å². The van der Waals surface area contributed by atoms with E-state index in [-0.39, 0.29) is 43.5 Å². The molecule has 0 saturated heterocycles. The number of nitrogens with one attached hydrogen (secondary N) is 1. The average Bonchev–Trinajstić information content (AvgIpc) is 3.52. The Balaban J connectivity index is 1.27. The molecule has 0 spiro atoms. The van der Waals surface area contributed by atoms with Crippen LogP contribution in [0.25, 0.3) is 11.1 Å². The molecule has 0 aliphatic heterocycles. The Bertz CT molecular complexity index is 1420. The number of carbonyl (C=O) groups excluding carboxylic acids is 2. The topological polar surface area (TPSA) is 135 Å². The third-order valence-electron chi connectivity index (χ3n) is 6.35. The summed E-state index contributed by atoms with van der Waals surface area (Å²) in [5.41, 5.74) is 4.88. The highest BCUT2D eigenvalue weighted by molar-refractivity contribution is 5.99. The van der Waals surface area contributed by atoms with Crippen molar-refractivity contribution in [2.45, 2.75) is 18.9 Å². The molecule has 0 fully saturated rings. The van der Waals surface area contributed by atoms with E-state index in [0.717, 1.165) is 27.8 Å². The van der Waals surface area contributed by atoms with Gasteiger partial charge >= 0.3 is 12.1 Å². The number of nitrogens with zero attached hydrogens (tertiary/aromatic N) is 3.